The smallest absolute Gasteiger partial charge is 0.251 e. The highest BCUT2D eigenvalue weighted by atomic mass is 79.9. The first-order valence-electron chi connectivity index (χ1n) is 8.76. The van der Waals surface area contributed by atoms with Crippen LogP contribution in [-0.4, -0.2) is 29.9 Å². The van der Waals surface area contributed by atoms with E-state index in [-0.39, 0.29) is 5.91 Å². The van der Waals surface area contributed by atoms with Gasteiger partial charge in [0.25, 0.3) is 5.91 Å². The number of carbonyl (C=O) groups is 1. The molecule has 3 rings (SSSR count). The number of benzene rings is 2. The number of rotatable bonds is 6. The van der Waals surface area contributed by atoms with Gasteiger partial charge in [0, 0.05) is 23.7 Å². The van der Waals surface area contributed by atoms with Crippen LogP contribution in [0.4, 0.5) is 0 Å². The van der Waals surface area contributed by atoms with Crippen LogP contribution in [0.1, 0.15) is 27.3 Å². The predicted octanol–water partition coefficient (Wildman–Crippen LogP) is 4.20. The molecule has 0 bridgehead atoms. The summed E-state index contributed by atoms with van der Waals surface area (Å²) >= 11 is 3.53. The van der Waals surface area contributed by atoms with E-state index in [0.717, 1.165) is 27.1 Å². The first-order valence-corrected chi connectivity index (χ1v) is 9.55. The third kappa shape index (κ3) is 4.04. The fraction of sp³-hybridized carbons (Fsp3) is 0.238. The van der Waals surface area contributed by atoms with E-state index in [1.165, 1.54) is 0 Å². The van der Waals surface area contributed by atoms with Crippen molar-refractivity contribution in [3.8, 4) is 17.2 Å². The zero-order valence-electron chi connectivity index (χ0n) is 16.2. The number of nitrogens with one attached hydrogen (secondary N) is 1. The Morgan fingerprint density at radius 1 is 1.11 bits per heavy atom. The van der Waals surface area contributed by atoms with Crippen LogP contribution in [0, 0.1) is 13.8 Å². The van der Waals surface area contributed by atoms with Gasteiger partial charge in [-0.3, -0.25) is 4.79 Å². The van der Waals surface area contributed by atoms with Gasteiger partial charge in [-0.1, -0.05) is 0 Å². The van der Waals surface area contributed by atoms with Gasteiger partial charge >= 0.3 is 0 Å². The van der Waals surface area contributed by atoms with Gasteiger partial charge < -0.3 is 14.8 Å². The van der Waals surface area contributed by atoms with Crippen molar-refractivity contribution in [2.45, 2.75) is 20.4 Å². The second-order valence-corrected chi connectivity index (χ2v) is 7.10. The molecule has 0 saturated heterocycles. The van der Waals surface area contributed by atoms with Gasteiger partial charge in [0.2, 0.25) is 0 Å². The highest BCUT2D eigenvalue weighted by Crippen LogP contribution is 2.25. The van der Waals surface area contributed by atoms with Gasteiger partial charge in [-0.15, -0.1) is 0 Å². The lowest BCUT2D eigenvalue weighted by Gasteiger charge is -2.12. The number of aryl methyl sites for hydroxylation is 1. The molecule has 0 aliphatic rings. The standard InChI is InChI=1S/C21H22BrN3O3/c1-13-20(22)14(2)25(24-13)17-8-5-15(6-9-17)21(26)23-12-16-7-10-18(27-3)11-19(16)28-4/h5-11H,12H2,1-4H3,(H,23,26). The highest BCUT2D eigenvalue weighted by molar-refractivity contribution is 9.10. The molecule has 6 nitrogen and oxygen atoms in total. The zero-order valence-corrected chi connectivity index (χ0v) is 17.8. The van der Waals surface area contributed by atoms with Crippen LogP contribution in [-0.2, 0) is 6.54 Å². The van der Waals surface area contributed by atoms with Crippen LogP contribution < -0.4 is 14.8 Å². The molecule has 7 heteroatoms. The minimum absolute atomic E-state index is 0.154. The van der Waals surface area contributed by atoms with Gasteiger partial charge in [0.05, 0.1) is 35.8 Å². The summed E-state index contributed by atoms with van der Waals surface area (Å²) < 4.78 is 13.4. The van der Waals surface area contributed by atoms with E-state index in [1.54, 1.807) is 32.4 Å². The molecule has 1 heterocycles. The third-order valence-electron chi connectivity index (χ3n) is 4.51. The Balaban J connectivity index is 1.71. The fourth-order valence-corrected chi connectivity index (χ4v) is 3.15. The number of hydrogen-bond acceptors (Lipinski definition) is 4. The van der Waals surface area contributed by atoms with Crippen molar-refractivity contribution >= 4 is 21.8 Å². The summed E-state index contributed by atoms with van der Waals surface area (Å²) in [4.78, 5) is 12.5. The first-order chi connectivity index (χ1) is 13.4. The van der Waals surface area contributed by atoms with Crippen LogP contribution in [0.5, 0.6) is 11.5 Å². The van der Waals surface area contributed by atoms with Crippen molar-refractivity contribution in [2.75, 3.05) is 14.2 Å². The SMILES string of the molecule is COc1ccc(CNC(=O)c2ccc(-n3nc(C)c(Br)c3C)cc2)c(OC)c1. The Bertz CT molecular complexity index is 997. The van der Waals surface area contributed by atoms with E-state index in [2.05, 4.69) is 26.3 Å². The number of methoxy groups -OCH3 is 2. The van der Waals surface area contributed by atoms with Gasteiger partial charge in [-0.05, 0) is 66.2 Å². The second kappa shape index (κ2) is 8.48. The maximum Gasteiger partial charge on any atom is 0.251 e. The molecule has 1 aromatic heterocycles. The van der Waals surface area contributed by atoms with Crippen LogP contribution in [0.3, 0.4) is 0 Å². The number of ether oxygens (including phenoxy) is 2. The summed E-state index contributed by atoms with van der Waals surface area (Å²) in [6.07, 6.45) is 0. The van der Waals surface area contributed by atoms with E-state index in [0.29, 0.717) is 23.6 Å². The van der Waals surface area contributed by atoms with Crippen LogP contribution >= 0.6 is 15.9 Å². The average molecular weight is 444 g/mol. The van der Waals surface area contributed by atoms with Crippen molar-refractivity contribution in [1.29, 1.82) is 0 Å². The number of carbonyl (C=O) groups excluding carboxylic acids is 1. The summed E-state index contributed by atoms with van der Waals surface area (Å²) in [7, 11) is 3.20. The second-order valence-electron chi connectivity index (χ2n) is 6.30. The lowest BCUT2D eigenvalue weighted by atomic mass is 10.1. The molecule has 0 atom stereocenters. The van der Waals surface area contributed by atoms with Crippen LogP contribution in [0.2, 0.25) is 0 Å². The molecule has 0 aliphatic carbocycles. The molecule has 2 aromatic carbocycles. The van der Waals surface area contributed by atoms with E-state index in [4.69, 9.17) is 9.47 Å². The maximum atomic E-state index is 12.5. The molecular formula is C21H22BrN3O3. The normalized spacial score (nSPS) is 10.6. The predicted molar refractivity (Wildman–Crippen MR) is 111 cm³/mol. The molecule has 0 saturated carbocycles. The molecule has 1 amide bonds. The van der Waals surface area contributed by atoms with E-state index >= 15 is 0 Å². The third-order valence-corrected chi connectivity index (χ3v) is 5.66. The Labute approximate surface area is 172 Å². The van der Waals surface area contributed by atoms with Crippen molar-refractivity contribution < 1.29 is 14.3 Å². The quantitative estimate of drug-likeness (QED) is 0.619. The van der Waals surface area contributed by atoms with Gasteiger partial charge in [0.15, 0.2) is 0 Å². The molecule has 146 valence electrons. The van der Waals surface area contributed by atoms with Crippen LogP contribution in [0.15, 0.2) is 46.9 Å². The molecule has 0 radical (unpaired) electrons. The lowest BCUT2D eigenvalue weighted by molar-refractivity contribution is 0.0950. The molecule has 0 unspecified atom stereocenters. The van der Waals surface area contributed by atoms with Crippen molar-refractivity contribution in [3.05, 3.63) is 69.5 Å². The summed E-state index contributed by atoms with van der Waals surface area (Å²) in [5, 5.41) is 7.43. The van der Waals surface area contributed by atoms with Gasteiger partial charge in [0.1, 0.15) is 11.5 Å². The minimum Gasteiger partial charge on any atom is -0.497 e. The molecule has 0 fully saturated rings. The maximum absolute atomic E-state index is 12.5. The molecule has 1 N–H and O–H groups in total. The molecule has 0 aliphatic heterocycles. The molecule has 0 spiro atoms. The fourth-order valence-electron chi connectivity index (χ4n) is 2.90. The van der Waals surface area contributed by atoms with Crippen molar-refractivity contribution in [3.63, 3.8) is 0 Å². The summed E-state index contributed by atoms with van der Waals surface area (Å²) in [6, 6.07) is 12.9. The highest BCUT2D eigenvalue weighted by Gasteiger charge is 2.12. The number of aromatic nitrogens is 2. The lowest BCUT2D eigenvalue weighted by Crippen LogP contribution is -2.23. The number of nitrogens with zero attached hydrogens (tertiary/aromatic N) is 2. The number of hydrogen-bond donors (Lipinski definition) is 1. The molecule has 3 aromatic rings. The molecular weight excluding hydrogens is 422 g/mol. The minimum atomic E-state index is -0.154. The van der Waals surface area contributed by atoms with Gasteiger partial charge in [-0.25, -0.2) is 4.68 Å². The summed E-state index contributed by atoms with van der Waals surface area (Å²) in [5.41, 5.74) is 4.30. The summed E-state index contributed by atoms with van der Waals surface area (Å²) in [5.74, 6) is 1.22. The zero-order chi connectivity index (χ0) is 20.3. The average Bonchev–Trinajstić information content (AvgIpc) is 2.99. The topological polar surface area (TPSA) is 65.4 Å². The summed E-state index contributed by atoms with van der Waals surface area (Å²) in [6.45, 7) is 4.30. The number of halogens is 1. The Kier molecular flexibility index (Phi) is 6.04. The van der Waals surface area contributed by atoms with E-state index in [9.17, 15) is 4.79 Å². The van der Waals surface area contributed by atoms with E-state index in [1.807, 2.05) is 42.8 Å². The largest absolute Gasteiger partial charge is 0.497 e. The Hall–Kier alpha value is -2.80. The Morgan fingerprint density at radius 3 is 2.39 bits per heavy atom. The number of amides is 1. The monoisotopic (exact) mass is 443 g/mol. The van der Waals surface area contributed by atoms with Gasteiger partial charge in [-0.2, -0.15) is 5.10 Å². The van der Waals surface area contributed by atoms with E-state index < -0.39 is 0 Å². The van der Waals surface area contributed by atoms with Crippen molar-refractivity contribution in [1.82, 2.24) is 15.1 Å². The molecule has 28 heavy (non-hydrogen) atoms. The Morgan fingerprint density at radius 2 is 1.82 bits per heavy atom. The first kappa shape index (κ1) is 19.9. The van der Waals surface area contributed by atoms with Crippen LogP contribution in [0.25, 0.3) is 5.69 Å². The van der Waals surface area contributed by atoms with Crippen molar-refractivity contribution in [2.24, 2.45) is 0 Å².